The largest absolute Gasteiger partial charge is 0.465 e. The number of nitriles is 1. The number of hydrogen-bond donors (Lipinski definition) is 1. The van der Waals surface area contributed by atoms with E-state index in [-0.39, 0.29) is 11.7 Å². The fraction of sp³-hybridized carbons (Fsp3) is 0.300. The summed E-state index contributed by atoms with van der Waals surface area (Å²) in [6.07, 6.45) is 4.12. The molecular formula is C20H19N3O3S. The molecule has 1 amide bonds. The third-order valence-electron chi connectivity index (χ3n) is 4.32. The third-order valence-corrected chi connectivity index (χ3v) is 5.31. The molecule has 0 saturated carbocycles. The molecule has 1 aliphatic rings. The number of amides is 1. The van der Waals surface area contributed by atoms with Crippen molar-refractivity contribution in [2.45, 2.75) is 30.7 Å². The summed E-state index contributed by atoms with van der Waals surface area (Å²) in [6.45, 7) is 0. The highest BCUT2D eigenvalue weighted by Crippen LogP contribution is 2.27. The van der Waals surface area contributed by atoms with Gasteiger partial charge in [-0.2, -0.15) is 5.26 Å². The number of nitrogens with zero attached hydrogens (tertiary/aromatic N) is 2. The first-order chi connectivity index (χ1) is 13.1. The molecular weight excluding hydrogens is 362 g/mol. The lowest BCUT2D eigenvalue weighted by atomic mass is 9.95. The lowest BCUT2D eigenvalue weighted by Crippen LogP contribution is -2.15. The van der Waals surface area contributed by atoms with Crippen molar-refractivity contribution in [3.8, 4) is 6.07 Å². The van der Waals surface area contributed by atoms with Crippen LogP contribution in [0.5, 0.6) is 0 Å². The van der Waals surface area contributed by atoms with Crippen LogP contribution in [0.2, 0.25) is 0 Å². The molecule has 0 fully saturated rings. The summed E-state index contributed by atoms with van der Waals surface area (Å²) in [5.41, 5.74) is 3.73. The van der Waals surface area contributed by atoms with Crippen molar-refractivity contribution >= 4 is 29.3 Å². The number of methoxy groups -OCH3 is 1. The van der Waals surface area contributed by atoms with Crippen LogP contribution in [0.1, 0.15) is 40.0 Å². The molecule has 7 heteroatoms. The predicted molar refractivity (Wildman–Crippen MR) is 103 cm³/mol. The van der Waals surface area contributed by atoms with Crippen molar-refractivity contribution in [3.63, 3.8) is 0 Å². The van der Waals surface area contributed by atoms with E-state index in [1.165, 1.54) is 18.9 Å². The Morgan fingerprint density at radius 2 is 2.00 bits per heavy atom. The molecule has 0 unspecified atom stereocenters. The monoisotopic (exact) mass is 381 g/mol. The number of anilines is 1. The number of hydrogen-bond acceptors (Lipinski definition) is 6. The number of pyridine rings is 1. The van der Waals surface area contributed by atoms with Crippen LogP contribution in [0.4, 0.5) is 5.69 Å². The van der Waals surface area contributed by atoms with Crippen molar-refractivity contribution in [3.05, 3.63) is 52.7 Å². The number of rotatable bonds is 5. The fourth-order valence-electron chi connectivity index (χ4n) is 2.94. The van der Waals surface area contributed by atoms with Gasteiger partial charge >= 0.3 is 5.97 Å². The van der Waals surface area contributed by atoms with E-state index < -0.39 is 5.97 Å². The summed E-state index contributed by atoms with van der Waals surface area (Å²) in [5.74, 6) is -0.473. The smallest absolute Gasteiger partial charge is 0.337 e. The van der Waals surface area contributed by atoms with Gasteiger partial charge in [-0.3, -0.25) is 4.79 Å². The molecule has 1 aromatic heterocycles. The van der Waals surface area contributed by atoms with Crippen LogP contribution in [0.25, 0.3) is 0 Å². The Hall–Kier alpha value is -2.85. The van der Waals surface area contributed by atoms with Crippen molar-refractivity contribution in [2.75, 3.05) is 18.2 Å². The van der Waals surface area contributed by atoms with Gasteiger partial charge in [-0.05, 0) is 61.6 Å². The normalized spacial score (nSPS) is 12.6. The minimum Gasteiger partial charge on any atom is -0.465 e. The summed E-state index contributed by atoms with van der Waals surface area (Å²) in [5, 5.41) is 12.7. The van der Waals surface area contributed by atoms with Crippen molar-refractivity contribution in [2.24, 2.45) is 0 Å². The van der Waals surface area contributed by atoms with Gasteiger partial charge in [-0.1, -0.05) is 11.8 Å². The Balaban J connectivity index is 1.62. The maximum absolute atomic E-state index is 12.2. The molecule has 1 aliphatic carbocycles. The molecule has 0 atom stereocenters. The number of ether oxygens (including phenoxy) is 1. The zero-order valence-electron chi connectivity index (χ0n) is 14.9. The Labute approximate surface area is 161 Å². The summed E-state index contributed by atoms with van der Waals surface area (Å²) >= 11 is 1.26. The highest BCUT2D eigenvalue weighted by molar-refractivity contribution is 8.00. The van der Waals surface area contributed by atoms with Crippen molar-refractivity contribution in [1.29, 1.82) is 5.26 Å². The summed E-state index contributed by atoms with van der Waals surface area (Å²) in [6, 6.07) is 10.6. The molecule has 2 aromatic rings. The number of esters is 1. The van der Waals surface area contributed by atoms with Crippen LogP contribution < -0.4 is 5.32 Å². The number of carbonyl (C=O) groups is 2. The number of nitrogens with one attached hydrogen (secondary N) is 1. The van der Waals surface area contributed by atoms with Gasteiger partial charge in [0.1, 0.15) is 11.1 Å². The molecule has 27 heavy (non-hydrogen) atoms. The van der Waals surface area contributed by atoms with Crippen LogP contribution in [-0.4, -0.2) is 29.7 Å². The Morgan fingerprint density at radius 3 is 2.70 bits per heavy atom. The number of carbonyl (C=O) groups excluding carboxylic acids is 2. The van der Waals surface area contributed by atoms with Gasteiger partial charge in [-0.15, -0.1) is 0 Å². The molecule has 0 aliphatic heterocycles. The quantitative estimate of drug-likeness (QED) is 0.631. The molecule has 0 radical (unpaired) electrons. The molecule has 0 spiro atoms. The van der Waals surface area contributed by atoms with Gasteiger partial charge in [0.15, 0.2) is 0 Å². The van der Waals surface area contributed by atoms with E-state index in [0.717, 1.165) is 36.9 Å². The highest BCUT2D eigenvalue weighted by Gasteiger charge is 2.16. The number of thioether (sulfide) groups is 1. The second-order valence-corrected chi connectivity index (χ2v) is 7.14. The topological polar surface area (TPSA) is 92.1 Å². The van der Waals surface area contributed by atoms with Crippen molar-refractivity contribution < 1.29 is 14.3 Å². The molecule has 0 saturated heterocycles. The summed E-state index contributed by atoms with van der Waals surface area (Å²) in [4.78, 5) is 28.3. The van der Waals surface area contributed by atoms with Gasteiger partial charge in [0.25, 0.3) is 0 Å². The molecule has 138 valence electrons. The second kappa shape index (κ2) is 8.69. The van der Waals surface area contributed by atoms with E-state index in [2.05, 4.69) is 21.1 Å². The molecule has 1 N–H and O–H groups in total. The number of fused-ring (bicyclic) bond motifs is 1. The first-order valence-corrected chi connectivity index (χ1v) is 9.63. The van der Waals surface area contributed by atoms with Gasteiger partial charge in [0, 0.05) is 11.4 Å². The van der Waals surface area contributed by atoms with Gasteiger partial charge < -0.3 is 10.1 Å². The van der Waals surface area contributed by atoms with Crippen LogP contribution in [0.3, 0.4) is 0 Å². The third kappa shape index (κ3) is 4.66. The van der Waals surface area contributed by atoms with E-state index in [9.17, 15) is 14.9 Å². The van der Waals surface area contributed by atoms with E-state index in [1.807, 2.05) is 6.07 Å². The highest BCUT2D eigenvalue weighted by atomic mass is 32.2. The molecule has 1 heterocycles. The minimum absolute atomic E-state index is 0.152. The maximum Gasteiger partial charge on any atom is 0.337 e. The lowest BCUT2D eigenvalue weighted by molar-refractivity contribution is -0.113. The Morgan fingerprint density at radius 1 is 1.26 bits per heavy atom. The molecule has 3 rings (SSSR count). The first kappa shape index (κ1) is 18.9. The van der Waals surface area contributed by atoms with E-state index in [1.54, 1.807) is 24.3 Å². The Kier molecular flexibility index (Phi) is 6.09. The van der Waals surface area contributed by atoms with E-state index >= 15 is 0 Å². The van der Waals surface area contributed by atoms with Crippen molar-refractivity contribution in [1.82, 2.24) is 4.98 Å². The van der Waals surface area contributed by atoms with E-state index in [0.29, 0.717) is 21.8 Å². The first-order valence-electron chi connectivity index (χ1n) is 8.64. The Bertz CT molecular complexity index is 904. The zero-order valence-corrected chi connectivity index (χ0v) is 15.8. The molecule has 0 bridgehead atoms. The summed E-state index contributed by atoms with van der Waals surface area (Å²) in [7, 11) is 1.32. The molecule has 6 nitrogen and oxygen atoms in total. The summed E-state index contributed by atoms with van der Waals surface area (Å²) < 4.78 is 4.64. The zero-order chi connectivity index (χ0) is 19.2. The minimum atomic E-state index is -0.425. The lowest BCUT2D eigenvalue weighted by Gasteiger charge is -2.16. The van der Waals surface area contributed by atoms with Crippen LogP contribution >= 0.6 is 11.8 Å². The number of aryl methyl sites for hydroxylation is 2. The van der Waals surface area contributed by atoms with Crippen LogP contribution in [-0.2, 0) is 22.4 Å². The van der Waals surface area contributed by atoms with Crippen LogP contribution in [0, 0.1) is 11.3 Å². The van der Waals surface area contributed by atoms with Crippen LogP contribution in [0.15, 0.2) is 35.4 Å². The number of benzene rings is 1. The average molecular weight is 381 g/mol. The van der Waals surface area contributed by atoms with E-state index in [4.69, 9.17) is 0 Å². The SMILES string of the molecule is COC(=O)c1ccc(NC(=O)CSc2nc3c(cc2C#N)CCCC3)cc1. The average Bonchev–Trinajstić information content (AvgIpc) is 2.71. The van der Waals surface area contributed by atoms with Gasteiger partial charge in [-0.25, -0.2) is 9.78 Å². The van der Waals surface area contributed by atoms with Gasteiger partial charge in [0.05, 0.1) is 24.0 Å². The van der Waals surface area contributed by atoms with Gasteiger partial charge in [0.2, 0.25) is 5.91 Å². The standard InChI is InChI=1S/C20H19N3O3S/c1-26-20(25)13-6-8-16(9-7-13)22-18(24)12-27-19-15(11-21)10-14-4-2-3-5-17(14)23-19/h6-10H,2-5,12H2,1H3,(H,22,24). The predicted octanol–water partition coefficient (Wildman–Crippen LogP) is 3.35. The fourth-order valence-corrected chi connectivity index (χ4v) is 3.72. The second-order valence-electron chi connectivity index (χ2n) is 6.17. The molecule has 1 aromatic carbocycles. The number of aromatic nitrogens is 1. The maximum atomic E-state index is 12.2.